The minimum Gasteiger partial charge on any atom is -0.353 e. The maximum Gasteiger partial charge on any atom is 0.191 e. The van der Waals surface area contributed by atoms with Crippen LogP contribution in [0.4, 0.5) is 8.78 Å². The summed E-state index contributed by atoms with van der Waals surface area (Å²) in [7, 11) is 1.73. The first-order valence-corrected chi connectivity index (χ1v) is 8.86. The molecule has 3 nitrogen and oxygen atoms in total. The van der Waals surface area contributed by atoms with Crippen molar-refractivity contribution < 1.29 is 8.78 Å². The summed E-state index contributed by atoms with van der Waals surface area (Å²) in [5.74, 6) is 2.01. The van der Waals surface area contributed by atoms with Crippen LogP contribution < -0.4 is 10.6 Å². The highest BCUT2D eigenvalue weighted by Gasteiger charge is 2.42. The van der Waals surface area contributed by atoms with Crippen LogP contribution in [0, 0.1) is 11.6 Å². The van der Waals surface area contributed by atoms with Gasteiger partial charge >= 0.3 is 0 Å². The molecule has 1 aromatic rings. The third-order valence-electron chi connectivity index (χ3n) is 4.21. The molecule has 23 heavy (non-hydrogen) atoms. The summed E-state index contributed by atoms with van der Waals surface area (Å²) >= 11 is 1.95. The zero-order chi connectivity index (χ0) is 15.5. The van der Waals surface area contributed by atoms with Gasteiger partial charge in [-0.2, -0.15) is 11.8 Å². The molecule has 0 radical (unpaired) electrons. The number of aliphatic imine (C=N–C) groups is 1. The van der Waals surface area contributed by atoms with E-state index in [9.17, 15) is 8.78 Å². The lowest BCUT2D eigenvalue weighted by atomic mass is 10.1. The van der Waals surface area contributed by atoms with E-state index in [1.165, 1.54) is 30.4 Å². The minimum absolute atomic E-state index is 0. The first-order chi connectivity index (χ1) is 10.7. The lowest BCUT2D eigenvalue weighted by molar-refractivity contribution is 0.552. The molecular formula is C16H22F2IN3S. The Morgan fingerprint density at radius 2 is 2.00 bits per heavy atom. The predicted octanol–water partition coefficient (Wildman–Crippen LogP) is 3.50. The van der Waals surface area contributed by atoms with Crippen molar-refractivity contribution >= 4 is 41.7 Å². The largest absolute Gasteiger partial charge is 0.353 e. The van der Waals surface area contributed by atoms with Gasteiger partial charge < -0.3 is 10.6 Å². The van der Waals surface area contributed by atoms with Gasteiger partial charge in [0.05, 0.1) is 0 Å². The van der Waals surface area contributed by atoms with Crippen molar-refractivity contribution in [1.82, 2.24) is 10.6 Å². The standard InChI is InChI=1S/C16H21F2N3S.HI/c1-19-16(20-10-4-3-7-22-9-10)21-14-8-11(14)15-12(17)5-2-6-13(15)18;/h2,5-6,10-11,14H,3-4,7-9H2,1H3,(H2,19,20,21);1H. The molecule has 2 aliphatic rings. The third kappa shape index (κ3) is 4.71. The Labute approximate surface area is 157 Å². The normalized spacial score (nSPS) is 27.1. The van der Waals surface area contributed by atoms with Gasteiger partial charge in [0.2, 0.25) is 0 Å². The van der Waals surface area contributed by atoms with Crippen LogP contribution in [0.2, 0.25) is 0 Å². The molecule has 2 N–H and O–H groups in total. The Morgan fingerprint density at radius 3 is 2.61 bits per heavy atom. The lowest BCUT2D eigenvalue weighted by Crippen LogP contribution is -2.46. The Hall–Kier alpha value is -0.570. The Kier molecular flexibility index (Phi) is 6.94. The molecule has 1 aliphatic heterocycles. The third-order valence-corrected chi connectivity index (χ3v) is 5.42. The molecule has 128 valence electrons. The molecule has 2 fully saturated rings. The molecule has 0 aromatic heterocycles. The highest BCUT2D eigenvalue weighted by Crippen LogP contribution is 2.43. The van der Waals surface area contributed by atoms with Crippen LogP contribution in [0.3, 0.4) is 0 Å². The maximum absolute atomic E-state index is 13.8. The first-order valence-electron chi connectivity index (χ1n) is 7.70. The van der Waals surface area contributed by atoms with Gasteiger partial charge in [-0.25, -0.2) is 8.78 Å². The first kappa shape index (κ1) is 18.8. The van der Waals surface area contributed by atoms with Crippen LogP contribution in [-0.2, 0) is 0 Å². The predicted molar refractivity (Wildman–Crippen MR) is 103 cm³/mol. The molecule has 1 heterocycles. The number of thioether (sulfide) groups is 1. The SMILES string of the molecule is CN=C(NC1CCCSC1)NC1CC1c1c(F)cccc1F.I. The van der Waals surface area contributed by atoms with Gasteiger partial charge in [-0.15, -0.1) is 24.0 Å². The molecule has 0 amide bonds. The van der Waals surface area contributed by atoms with Crippen LogP contribution in [0.15, 0.2) is 23.2 Å². The smallest absolute Gasteiger partial charge is 0.191 e. The number of guanidine groups is 1. The van der Waals surface area contributed by atoms with Crippen molar-refractivity contribution in [2.24, 2.45) is 4.99 Å². The van der Waals surface area contributed by atoms with Crippen LogP contribution in [0.25, 0.3) is 0 Å². The second kappa shape index (κ2) is 8.50. The fourth-order valence-electron chi connectivity index (χ4n) is 2.93. The summed E-state index contributed by atoms with van der Waals surface area (Å²) in [5, 5.41) is 6.70. The van der Waals surface area contributed by atoms with Crippen LogP contribution in [-0.4, -0.2) is 36.6 Å². The van der Waals surface area contributed by atoms with Crippen molar-refractivity contribution in [3.63, 3.8) is 0 Å². The highest BCUT2D eigenvalue weighted by molar-refractivity contribution is 14.0. The van der Waals surface area contributed by atoms with E-state index in [-0.39, 0.29) is 41.5 Å². The second-order valence-electron chi connectivity index (χ2n) is 5.86. The van der Waals surface area contributed by atoms with Crippen LogP contribution >= 0.6 is 35.7 Å². The Bertz CT molecular complexity index is 544. The summed E-state index contributed by atoms with van der Waals surface area (Å²) in [4.78, 5) is 4.23. The average Bonchev–Trinajstić information content (AvgIpc) is 3.26. The molecule has 3 unspecified atom stereocenters. The molecule has 1 saturated heterocycles. The van der Waals surface area contributed by atoms with Gasteiger partial charge in [0.1, 0.15) is 11.6 Å². The zero-order valence-electron chi connectivity index (χ0n) is 13.0. The van der Waals surface area contributed by atoms with Gasteiger partial charge in [-0.1, -0.05) is 6.07 Å². The number of rotatable bonds is 3. The van der Waals surface area contributed by atoms with E-state index in [2.05, 4.69) is 15.6 Å². The van der Waals surface area contributed by atoms with Crippen molar-refractivity contribution in [2.75, 3.05) is 18.6 Å². The molecule has 1 aliphatic carbocycles. The quantitative estimate of drug-likeness (QED) is 0.418. The van der Waals surface area contributed by atoms with E-state index in [0.29, 0.717) is 6.04 Å². The minimum atomic E-state index is -0.457. The van der Waals surface area contributed by atoms with Gasteiger partial charge in [0.15, 0.2) is 5.96 Å². The highest BCUT2D eigenvalue weighted by atomic mass is 127. The number of hydrogen-bond acceptors (Lipinski definition) is 2. The Balaban J connectivity index is 0.00000192. The average molecular weight is 453 g/mol. The van der Waals surface area contributed by atoms with Crippen molar-refractivity contribution in [2.45, 2.75) is 37.3 Å². The van der Waals surface area contributed by atoms with Crippen molar-refractivity contribution in [3.05, 3.63) is 35.4 Å². The van der Waals surface area contributed by atoms with Crippen molar-refractivity contribution in [3.8, 4) is 0 Å². The van der Waals surface area contributed by atoms with E-state index in [4.69, 9.17) is 0 Å². The van der Waals surface area contributed by atoms with Gasteiger partial charge in [-0.05, 0) is 37.1 Å². The summed E-state index contributed by atoms with van der Waals surface area (Å²) in [5.41, 5.74) is 0.198. The molecular weight excluding hydrogens is 431 g/mol. The van der Waals surface area contributed by atoms with Gasteiger partial charge in [0, 0.05) is 36.4 Å². The number of halogens is 3. The molecule has 3 atom stereocenters. The number of nitrogens with one attached hydrogen (secondary N) is 2. The number of hydrogen-bond donors (Lipinski definition) is 2. The van der Waals surface area contributed by atoms with E-state index >= 15 is 0 Å². The molecule has 3 rings (SSSR count). The zero-order valence-corrected chi connectivity index (χ0v) is 16.2. The molecule has 0 bridgehead atoms. The fourth-order valence-corrected chi connectivity index (χ4v) is 4.00. The van der Waals surface area contributed by atoms with Crippen LogP contribution in [0.5, 0.6) is 0 Å². The molecule has 1 saturated carbocycles. The Morgan fingerprint density at radius 1 is 1.26 bits per heavy atom. The lowest BCUT2D eigenvalue weighted by Gasteiger charge is -2.24. The molecule has 7 heteroatoms. The molecule has 0 spiro atoms. The van der Waals surface area contributed by atoms with E-state index < -0.39 is 11.6 Å². The summed E-state index contributed by atoms with van der Waals surface area (Å²) < 4.78 is 27.6. The summed E-state index contributed by atoms with van der Waals surface area (Å²) in [6.07, 6.45) is 3.09. The second-order valence-corrected chi connectivity index (χ2v) is 7.01. The van der Waals surface area contributed by atoms with Crippen LogP contribution in [0.1, 0.15) is 30.7 Å². The molecule has 1 aromatic carbocycles. The number of benzene rings is 1. The topological polar surface area (TPSA) is 36.4 Å². The summed E-state index contributed by atoms with van der Waals surface area (Å²) in [6.45, 7) is 0. The maximum atomic E-state index is 13.8. The van der Waals surface area contributed by atoms with Gasteiger partial charge in [-0.3, -0.25) is 4.99 Å². The summed E-state index contributed by atoms with van der Waals surface area (Å²) in [6, 6.07) is 4.52. The van der Waals surface area contributed by atoms with Crippen molar-refractivity contribution in [1.29, 1.82) is 0 Å². The number of nitrogens with zero attached hydrogens (tertiary/aromatic N) is 1. The fraction of sp³-hybridized carbons (Fsp3) is 0.562. The van der Waals surface area contributed by atoms with Gasteiger partial charge in [0.25, 0.3) is 0 Å². The monoisotopic (exact) mass is 453 g/mol. The van der Waals surface area contributed by atoms with E-state index in [0.717, 1.165) is 24.6 Å². The van der Waals surface area contributed by atoms with E-state index in [1.54, 1.807) is 7.05 Å². The van der Waals surface area contributed by atoms with E-state index in [1.807, 2.05) is 11.8 Å².